The zero-order valence-electron chi connectivity index (χ0n) is 13.0. The molecular weight excluding hydrogens is 262 g/mol. The lowest BCUT2D eigenvalue weighted by atomic mass is 10.0. The average molecular weight is 289 g/mol. The number of primary amides is 1. The van der Waals surface area contributed by atoms with E-state index in [9.17, 15) is 4.79 Å². The number of nitrogens with two attached hydrogens (primary N) is 1. The molecule has 0 aromatic heterocycles. The van der Waals surface area contributed by atoms with Crippen molar-refractivity contribution in [2.45, 2.75) is 45.2 Å². The summed E-state index contributed by atoms with van der Waals surface area (Å²) in [7, 11) is 0. The summed E-state index contributed by atoms with van der Waals surface area (Å²) in [5, 5.41) is 3.44. The van der Waals surface area contributed by atoms with E-state index in [0.717, 1.165) is 24.7 Å². The fourth-order valence-corrected chi connectivity index (χ4v) is 2.96. The number of likely N-dealkylation sites (tertiary alicyclic amines) is 1. The second-order valence-corrected chi connectivity index (χ2v) is 5.98. The highest BCUT2D eigenvalue weighted by Crippen LogP contribution is 2.16. The van der Waals surface area contributed by atoms with Gasteiger partial charge in [0.1, 0.15) is 0 Å². The molecule has 0 radical (unpaired) electrons. The lowest BCUT2D eigenvalue weighted by Gasteiger charge is -2.33. The van der Waals surface area contributed by atoms with Gasteiger partial charge in [0, 0.05) is 18.2 Å². The highest BCUT2D eigenvalue weighted by atomic mass is 16.1. The van der Waals surface area contributed by atoms with Crippen LogP contribution in [0.2, 0.25) is 0 Å². The van der Waals surface area contributed by atoms with Gasteiger partial charge in [-0.25, -0.2) is 0 Å². The van der Waals surface area contributed by atoms with Crippen LogP contribution in [0.1, 0.15) is 48.5 Å². The minimum Gasteiger partial charge on any atom is -0.366 e. The van der Waals surface area contributed by atoms with Crippen LogP contribution >= 0.6 is 0 Å². The molecule has 1 fully saturated rings. The molecule has 21 heavy (non-hydrogen) atoms. The quantitative estimate of drug-likeness (QED) is 0.756. The normalized spacial score (nSPS) is 19.6. The highest BCUT2D eigenvalue weighted by molar-refractivity contribution is 5.92. The van der Waals surface area contributed by atoms with Gasteiger partial charge < -0.3 is 16.0 Å². The molecule has 4 nitrogen and oxygen atoms in total. The molecule has 2 rings (SSSR count). The molecule has 1 unspecified atom stereocenters. The van der Waals surface area contributed by atoms with E-state index in [4.69, 9.17) is 5.73 Å². The number of nitrogens with zero attached hydrogens (tertiary/aromatic N) is 1. The van der Waals surface area contributed by atoms with Gasteiger partial charge in [0.05, 0.1) is 0 Å². The van der Waals surface area contributed by atoms with Crippen molar-refractivity contribution in [2.75, 3.05) is 19.6 Å². The van der Waals surface area contributed by atoms with Crippen LogP contribution in [0.25, 0.3) is 0 Å². The maximum Gasteiger partial charge on any atom is 0.248 e. The Morgan fingerprint density at radius 3 is 3.05 bits per heavy atom. The topological polar surface area (TPSA) is 58.4 Å². The van der Waals surface area contributed by atoms with E-state index in [1.165, 1.54) is 38.8 Å². The Morgan fingerprint density at radius 2 is 2.29 bits per heavy atom. The summed E-state index contributed by atoms with van der Waals surface area (Å²) in [6.07, 6.45) is 5.23. The molecular formula is C17H27N3O. The Kier molecular flexibility index (Phi) is 6.21. The van der Waals surface area contributed by atoms with Crippen molar-refractivity contribution >= 4 is 5.91 Å². The van der Waals surface area contributed by atoms with Crippen molar-refractivity contribution in [1.82, 2.24) is 10.2 Å². The van der Waals surface area contributed by atoms with Gasteiger partial charge in [-0.05, 0) is 63.5 Å². The maximum atomic E-state index is 11.1. The van der Waals surface area contributed by atoms with Crippen LogP contribution in [0.3, 0.4) is 0 Å². The number of rotatable bonds is 7. The SMILES string of the molecule is CC1CCCCN1CCCNCc1cccc(C(N)=O)c1. The summed E-state index contributed by atoms with van der Waals surface area (Å²) >= 11 is 0. The van der Waals surface area contributed by atoms with Crippen LogP contribution in [0, 0.1) is 0 Å². The summed E-state index contributed by atoms with van der Waals surface area (Å²) in [6.45, 7) is 6.56. The molecule has 1 atom stereocenters. The number of hydrogen-bond donors (Lipinski definition) is 2. The third kappa shape index (κ3) is 5.14. The molecule has 1 aromatic rings. The molecule has 1 aromatic carbocycles. The van der Waals surface area contributed by atoms with Gasteiger partial charge in [-0.1, -0.05) is 18.6 Å². The van der Waals surface area contributed by atoms with E-state index < -0.39 is 0 Å². The van der Waals surface area contributed by atoms with Crippen LogP contribution in [0.4, 0.5) is 0 Å². The smallest absolute Gasteiger partial charge is 0.248 e. The highest BCUT2D eigenvalue weighted by Gasteiger charge is 2.16. The van der Waals surface area contributed by atoms with Gasteiger partial charge in [0.25, 0.3) is 0 Å². The number of amides is 1. The molecule has 1 aliphatic heterocycles. The monoisotopic (exact) mass is 289 g/mol. The summed E-state index contributed by atoms with van der Waals surface area (Å²) in [6, 6.07) is 8.26. The van der Waals surface area contributed by atoms with E-state index in [2.05, 4.69) is 17.1 Å². The molecule has 0 saturated carbocycles. The third-order valence-electron chi connectivity index (χ3n) is 4.28. The first-order valence-corrected chi connectivity index (χ1v) is 8.00. The Labute approximate surface area is 127 Å². The Hall–Kier alpha value is -1.39. The first kappa shape index (κ1) is 16.0. The lowest BCUT2D eigenvalue weighted by molar-refractivity contribution is 0.1000. The van der Waals surface area contributed by atoms with Crippen LogP contribution in [-0.2, 0) is 6.54 Å². The first-order chi connectivity index (χ1) is 10.2. The molecule has 1 aliphatic rings. The molecule has 1 saturated heterocycles. The molecule has 4 heteroatoms. The fraction of sp³-hybridized carbons (Fsp3) is 0.588. The van der Waals surface area contributed by atoms with E-state index in [1.54, 1.807) is 6.07 Å². The maximum absolute atomic E-state index is 11.1. The van der Waals surface area contributed by atoms with Crippen molar-refractivity contribution in [3.05, 3.63) is 35.4 Å². The van der Waals surface area contributed by atoms with Crippen molar-refractivity contribution in [3.63, 3.8) is 0 Å². The largest absolute Gasteiger partial charge is 0.366 e. The predicted molar refractivity (Wildman–Crippen MR) is 86.2 cm³/mol. The van der Waals surface area contributed by atoms with Crippen LogP contribution < -0.4 is 11.1 Å². The minimum absolute atomic E-state index is 0.365. The number of nitrogens with one attached hydrogen (secondary N) is 1. The van der Waals surface area contributed by atoms with Gasteiger partial charge in [-0.2, -0.15) is 0 Å². The second-order valence-electron chi connectivity index (χ2n) is 5.98. The van der Waals surface area contributed by atoms with Crippen molar-refractivity contribution < 1.29 is 4.79 Å². The first-order valence-electron chi connectivity index (χ1n) is 8.00. The third-order valence-corrected chi connectivity index (χ3v) is 4.28. The van der Waals surface area contributed by atoms with Crippen molar-refractivity contribution in [3.8, 4) is 0 Å². The molecule has 0 spiro atoms. The van der Waals surface area contributed by atoms with E-state index >= 15 is 0 Å². The average Bonchev–Trinajstić information content (AvgIpc) is 2.49. The number of carbonyl (C=O) groups excluding carboxylic acids is 1. The van der Waals surface area contributed by atoms with Gasteiger partial charge in [0.15, 0.2) is 0 Å². The van der Waals surface area contributed by atoms with E-state index in [-0.39, 0.29) is 5.91 Å². The Balaban J connectivity index is 1.65. The molecule has 0 aliphatic carbocycles. The lowest BCUT2D eigenvalue weighted by Crippen LogP contribution is -2.38. The minimum atomic E-state index is -0.365. The van der Waals surface area contributed by atoms with Crippen LogP contribution in [0.5, 0.6) is 0 Å². The van der Waals surface area contributed by atoms with E-state index in [0.29, 0.717) is 5.56 Å². The van der Waals surface area contributed by atoms with Gasteiger partial charge in [-0.3, -0.25) is 4.79 Å². The van der Waals surface area contributed by atoms with Gasteiger partial charge in [0.2, 0.25) is 5.91 Å². The van der Waals surface area contributed by atoms with Crippen molar-refractivity contribution in [2.24, 2.45) is 5.73 Å². The number of hydrogen-bond acceptors (Lipinski definition) is 3. The summed E-state index contributed by atoms with van der Waals surface area (Å²) in [4.78, 5) is 13.7. The Morgan fingerprint density at radius 1 is 1.43 bits per heavy atom. The predicted octanol–water partition coefficient (Wildman–Crippen LogP) is 2.14. The molecule has 1 heterocycles. The fourth-order valence-electron chi connectivity index (χ4n) is 2.96. The molecule has 0 bridgehead atoms. The Bertz CT molecular complexity index is 461. The summed E-state index contributed by atoms with van der Waals surface area (Å²) in [5.74, 6) is -0.365. The number of piperidine rings is 1. The zero-order valence-corrected chi connectivity index (χ0v) is 13.0. The van der Waals surface area contributed by atoms with Gasteiger partial charge >= 0.3 is 0 Å². The van der Waals surface area contributed by atoms with Crippen LogP contribution in [0.15, 0.2) is 24.3 Å². The summed E-state index contributed by atoms with van der Waals surface area (Å²) in [5.41, 5.74) is 6.98. The summed E-state index contributed by atoms with van der Waals surface area (Å²) < 4.78 is 0. The van der Waals surface area contributed by atoms with Gasteiger partial charge in [-0.15, -0.1) is 0 Å². The second kappa shape index (κ2) is 8.15. The molecule has 1 amide bonds. The molecule has 116 valence electrons. The zero-order chi connectivity index (χ0) is 15.1. The van der Waals surface area contributed by atoms with E-state index in [1.807, 2.05) is 18.2 Å². The number of benzene rings is 1. The molecule has 3 N–H and O–H groups in total. The standard InChI is InChI=1S/C17H27N3O/c1-14-6-2-3-10-20(14)11-5-9-19-13-15-7-4-8-16(12-15)17(18)21/h4,7-8,12,14,19H,2-3,5-6,9-11,13H2,1H3,(H2,18,21). The van der Waals surface area contributed by atoms with Crippen LogP contribution in [-0.4, -0.2) is 36.5 Å². The number of carbonyl (C=O) groups is 1. The van der Waals surface area contributed by atoms with Crippen molar-refractivity contribution in [1.29, 1.82) is 0 Å².